The van der Waals surface area contributed by atoms with Gasteiger partial charge in [-0.1, -0.05) is 0 Å². The van der Waals surface area contributed by atoms with Crippen LogP contribution in [0.15, 0.2) is 4.99 Å². The molecule has 0 aromatic heterocycles. The van der Waals surface area contributed by atoms with Crippen molar-refractivity contribution in [2.24, 2.45) is 4.99 Å². The number of hydrogen-bond donors (Lipinski definition) is 1. The Labute approximate surface area is 66.5 Å². The van der Waals surface area contributed by atoms with Gasteiger partial charge in [-0.2, -0.15) is 6.92 Å². The molecule has 0 atom stereocenters. The molecule has 0 amide bonds. The molecule has 0 fully saturated rings. The molecular weight excluding hydrogens is 406 g/mol. The monoisotopic (exact) mass is 419 g/mol. The maximum Gasteiger partial charge on any atom is 0.0788 e. The smallest absolute Gasteiger partial charge is 0.0788 e. The Balaban J connectivity index is 0.000001000. The SMILES string of the molecule is C[C-]1CSC=NC(C)(C)N1.[Lr]. The van der Waals surface area contributed by atoms with Gasteiger partial charge in [0.2, 0.25) is 0 Å². The van der Waals surface area contributed by atoms with Crippen molar-refractivity contribution in [2.45, 2.75) is 26.4 Å². The zero-order valence-electron chi connectivity index (χ0n) is 6.90. The first-order valence-electron chi connectivity index (χ1n) is 3.36. The van der Waals surface area contributed by atoms with E-state index in [2.05, 4.69) is 31.1 Å². The van der Waals surface area contributed by atoms with Crippen molar-refractivity contribution >= 4 is 17.3 Å². The fourth-order valence-electron chi connectivity index (χ4n) is 0.922. The molecule has 73 valence electrons. The Kier molecular flexibility index (Phi) is 3.08. The summed E-state index contributed by atoms with van der Waals surface area (Å²) in [4.78, 5) is 4.31. The minimum Gasteiger partial charge on any atom is -0.444 e. The van der Waals surface area contributed by atoms with Gasteiger partial charge in [0.1, 0.15) is 0 Å². The Hall–Kier alpha value is -1.02. The van der Waals surface area contributed by atoms with Gasteiger partial charge in [-0.15, -0.1) is 17.5 Å². The molecule has 0 unspecified atom stereocenters. The second-order valence-corrected chi connectivity index (χ2v) is 3.84. The maximum absolute atomic E-state index is 4.31. The maximum atomic E-state index is 4.31. The summed E-state index contributed by atoms with van der Waals surface area (Å²) < 4.78 is 0. The summed E-state index contributed by atoms with van der Waals surface area (Å²) >= 11 is 1.73. The molecule has 1 N–H and O–H groups in total. The standard InChI is InChI=1S/C7H13N2S.Lr/c1-6-4-10-5-8-7(2,3)9-6;/h5,9H,4H2,1-3H3;/q-1;. The summed E-state index contributed by atoms with van der Waals surface area (Å²) in [5, 5.41) is 3.32. The third kappa shape index (κ3) is 3.05. The minimum absolute atomic E-state index is 0. The Bertz CT molecular complexity index is 147. The second kappa shape index (κ2) is 3.39. The quantitative estimate of drug-likeness (QED) is 0.604. The molecule has 0 aromatic carbocycles. The normalized spacial score (nSPS) is 23.9. The van der Waals surface area contributed by atoms with Crippen LogP contribution in [0.4, 0.5) is 0 Å². The van der Waals surface area contributed by atoms with Crippen LogP contribution >= 0.6 is 11.8 Å². The van der Waals surface area contributed by atoms with Crippen molar-refractivity contribution in [3.05, 3.63) is 6.04 Å². The van der Waals surface area contributed by atoms with Gasteiger partial charge < -0.3 is 5.32 Å². The molecule has 0 aliphatic carbocycles. The Morgan fingerprint density at radius 3 is 2.91 bits per heavy atom. The van der Waals surface area contributed by atoms with Crippen LogP contribution in [0, 0.1) is 6.04 Å². The first-order chi connectivity index (χ1) is 4.60. The Morgan fingerprint density at radius 1 is 1.64 bits per heavy atom. The van der Waals surface area contributed by atoms with E-state index in [4.69, 9.17) is 0 Å². The van der Waals surface area contributed by atoms with E-state index < -0.39 is 0 Å². The van der Waals surface area contributed by atoms with E-state index in [0.29, 0.717) is 0 Å². The molecule has 4 heteroatoms. The van der Waals surface area contributed by atoms with Gasteiger partial charge >= 0.3 is 0 Å². The molecule has 1 aliphatic rings. The molecule has 2 nitrogen and oxygen atoms in total. The van der Waals surface area contributed by atoms with Crippen LogP contribution in [0.5, 0.6) is 0 Å². The summed E-state index contributed by atoms with van der Waals surface area (Å²) in [6, 6.07) is 1.30. The molecule has 0 bridgehead atoms. The van der Waals surface area contributed by atoms with Gasteiger partial charge in [0.05, 0.1) is 11.2 Å². The number of hydrogen-bond acceptors (Lipinski definition) is 3. The van der Waals surface area contributed by atoms with E-state index >= 15 is 0 Å². The molecule has 1 radical (unpaired) electrons. The van der Waals surface area contributed by atoms with Crippen LogP contribution in [0.3, 0.4) is 0 Å². The van der Waals surface area contributed by atoms with Gasteiger partial charge in [0.25, 0.3) is 0 Å². The minimum atomic E-state index is -0.104. The van der Waals surface area contributed by atoms with Crippen LogP contribution < -0.4 is 5.32 Å². The van der Waals surface area contributed by atoms with Crippen LogP contribution in [-0.4, -0.2) is 17.0 Å². The molecule has 1 aliphatic heterocycles. The van der Waals surface area contributed by atoms with Crippen LogP contribution in [0.2, 0.25) is 0 Å². The zero-order chi connectivity index (χ0) is 7.61. The molecular formula is C7H13LrN2S-. The first kappa shape index (κ1) is 9.98. The van der Waals surface area contributed by atoms with Gasteiger partial charge in [-0.25, -0.2) is 6.04 Å². The molecule has 0 spiro atoms. The predicted octanol–water partition coefficient (Wildman–Crippen LogP) is 1.64. The molecule has 0 saturated heterocycles. The Morgan fingerprint density at radius 2 is 2.27 bits per heavy atom. The van der Waals surface area contributed by atoms with E-state index in [-0.39, 0.29) is 5.66 Å². The van der Waals surface area contributed by atoms with Gasteiger partial charge in [0.15, 0.2) is 0 Å². The van der Waals surface area contributed by atoms with Crippen LogP contribution in [0.25, 0.3) is 0 Å². The average Bonchev–Trinajstić information content (AvgIpc) is 1.90. The molecule has 1 rings (SSSR count). The predicted molar refractivity (Wildman–Crippen MR) is 47.1 cm³/mol. The van der Waals surface area contributed by atoms with Crippen LogP contribution in [-0.2, 0) is 0 Å². The molecule has 11 heavy (non-hydrogen) atoms. The van der Waals surface area contributed by atoms with Gasteiger partial charge in [-0.05, 0) is 13.8 Å². The van der Waals surface area contributed by atoms with E-state index in [0.717, 1.165) is 5.75 Å². The fourth-order valence-corrected chi connectivity index (χ4v) is 1.66. The van der Waals surface area contributed by atoms with E-state index in [9.17, 15) is 0 Å². The van der Waals surface area contributed by atoms with Crippen LogP contribution in [0.1, 0.15) is 20.8 Å². The van der Waals surface area contributed by atoms with Crippen molar-refractivity contribution in [1.29, 1.82) is 0 Å². The molecule has 0 aromatic rings. The number of rotatable bonds is 0. The third-order valence-electron chi connectivity index (χ3n) is 1.27. The van der Waals surface area contributed by atoms with Crippen molar-refractivity contribution in [3.63, 3.8) is 0 Å². The first-order valence-corrected chi connectivity index (χ1v) is 4.41. The second-order valence-electron chi connectivity index (χ2n) is 3.01. The topological polar surface area (TPSA) is 24.4 Å². The number of nitrogens with one attached hydrogen (secondary N) is 1. The number of nitrogens with zero attached hydrogens (tertiary/aromatic N) is 1. The summed E-state index contributed by atoms with van der Waals surface area (Å²) in [5.41, 5.74) is 1.82. The largest absolute Gasteiger partial charge is 0.444 e. The summed E-state index contributed by atoms with van der Waals surface area (Å²) in [7, 11) is 0. The van der Waals surface area contributed by atoms with E-state index in [1.807, 2.05) is 5.55 Å². The third-order valence-corrected chi connectivity index (χ3v) is 2.12. The summed E-state index contributed by atoms with van der Waals surface area (Å²) in [6.07, 6.45) is 0. The van der Waals surface area contributed by atoms with Gasteiger partial charge in [0, 0.05) is 0 Å². The van der Waals surface area contributed by atoms with E-state index in [1.165, 1.54) is 6.04 Å². The average molecular weight is 419 g/mol. The molecule has 0 saturated carbocycles. The fraction of sp³-hybridized carbons (Fsp3) is 0.714. The van der Waals surface area contributed by atoms with Crippen molar-refractivity contribution in [1.82, 2.24) is 5.32 Å². The number of aliphatic imine (C=N–C) groups is 1. The number of thioether (sulfide) groups is 1. The van der Waals surface area contributed by atoms with Crippen molar-refractivity contribution in [3.8, 4) is 0 Å². The van der Waals surface area contributed by atoms with Crippen molar-refractivity contribution < 1.29 is 0 Å². The van der Waals surface area contributed by atoms with E-state index in [1.54, 1.807) is 11.8 Å². The van der Waals surface area contributed by atoms with Gasteiger partial charge in [-0.3, -0.25) is 4.99 Å². The summed E-state index contributed by atoms with van der Waals surface area (Å²) in [5.74, 6) is 1.03. The zero-order valence-corrected chi connectivity index (χ0v) is 9.86. The summed E-state index contributed by atoms with van der Waals surface area (Å²) in [6.45, 7) is 6.24. The molecule has 1 heterocycles. The van der Waals surface area contributed by atoms with Crippen molar-refractivity contribution in [2.75, 3.05) is 5.75 Å².